The van der Waals surface area contributed by atoms with Crippen LogP contribution in [0.4, 0.5) is 4.79 Å². The first-order chi connectivity index (χ1) is 14.5. The summed E-state index contributed by atoms with van der Waals surface area (Å²) in [6, 6.07) is 10.7. The molecule has 2 aromatic carbocycles. The summed E-state index contributed by atoms with van der Waals surface area (Å²) in [5, 5.41) is 16.4. The molecule has 1 aliphatic heterocycles. The van der Waals surface area contributed by atoms with Gasteiger partial charge in [0.1, 0.15) is 5.60 Å². The number of nitrogens with zero attached hydrogens (tertiary/aromatic N) is 2. The standard InChI is InChI=1S/C23H29N3O4S/c1-23(2,3)30-22(27)26-13-7-6-9-18(26)11-12-20-17(15-24)14-16-8-4-5-10-19(16)21(20)31(25,28)29/h4-5,8,10,14,18H,6-7,9,11-13H2,1-3H3,(H2,25,28,29). The molecule has 3 rings (SSSR count). The third-order valence-corrected chi connectivity index (χ3v) is 6.53. The molecule has 1 aliphatic rings. The fourth-order valence-corrected chi connectivity index (χ4v) is 5.25. The second kappa shape index (κ2) is 8.85. The topological polar surface area (TPSA) is 113 Å². The first-order valence-corrected chi connectivity index (χ1v) is 12.0. The fraction of sp³-hybridized carbons (Fsp3) is 0.478. The lowest BCUT2D eigenvalue weighted by atomic mass is 9.93. The van der Waals surface area contributed by atoms with E-state index in [0.29, 0.717) is 41.3 Å². The number of sulfonamides is 1. The van der Waals surface area contributed by atoms with Crippen LogP contribution in [-0.4, -0.2) is 37.6 Å². The van der Waals surface area contributed by atoms with Crippen molar-refractivity contribution in [3.05, 3.63) is 41.5 Å². The Kier molecular flexibility index (Phi) is 6.58. The fourth-order valence-electron chi connectivity index (χ4n) is 4.20. The van der Waals surface area contributed by atoms with Gasteiger partial charge in [-0.25, -0.2) is 18.4 Å². The number of primary sulfonamides is 1. The summed E-state index contributed by atoms with van der Waals surface area (Å²) in [6.07, 6.45) is 3.17. The molecule has 0 aromatic heterocycles. The van der Waals surface area contributed by atoms with Gasteiger partial charge < -0.3 is 9.64 Å². The third kappa shape index (κ3) is 5.35. The van der Waals surface area contributed by atoms with Gasteiger partial charge in [-0.2, -0.15) is 5.26 Å². The van der Waals surface area contributed by atoms with E-state index in [1.165, 1.54) is 0 Å². The van der Waals surface area contributed by atoms with Crippen molar-refractivity contribution < 1.29 is 17.9 Å². The molecule has 0 aliphatic carbocycles. The first kappa shape index (κ1) is 23.0. The molecule has 1 saturated heterocycles. The molecule has 0 spiro atoms. The van der Waals surface area contributed by atoms with Crippen LogP contribution < -0.4 is 5.14 Å². The van der Waals surface area contributed by atoms with Crippen LogP contribution >= 0.6 is 0 Å². The molecule has 2 aromatic rings. The average molecular weight is 444 g/mol. The highest BCUT2D eigenvalue weighted by molar-refractivity contribution is 7.89. The lowest BCUT2D eigenvalue weighted by molar-refractivity contribution is 0.00888. The van der Waals surface area contributed by atoms with Crippen molar-refractivity contribution in [2.45, 2.75) is 69.4 Å². The van der Waals surface area contributed by atoms with Crippen LogP contribution in [0.15, 0.2) is 35.2 Å². The van der Waals surface area contributed by atoms with Crippen molar-refractivity contribution in [2.24, 2.45) is 5.14 Å². The maximum absolute atomic E-state index is 12.7. The monoisotopic (exact) mass is 443 g/mol. The van der Waals surface area contributed by atoms with Crippen LogP contribution in [0.2, 0.25) is 0 Å². The zero-order chi connectivity index (χ0) is 22.8. The lowest BCUT2D eigenvalue weighted by Crippen LogP contribution is -2.46. The molecule has 0 bridgehead atoms. The van der Waals surface area contributed by atoms with Gasteiger partial charge in [0.05, 0.1) is 16.5 Å². The SMILES string of the molecule is CC(C)(C)OC(=O)N1CCCCC1CCc1c(C#N)cc2ccccc2c1S(N)(=O)=O. The van der Waals surface area contributed by atoms with Crippen LogP contribution in [0.1, 0.15) is 57.6 Å². The average Bonchev–Trinajstić information content (AvgIpc) is 2.69. The number of carbonyl (C=O) groups excluding carboxylic acids is 1. The molecule has 1 fully saturated rings. The summed E-state index contributed by atoms with van der Waals surface area (Å²) in [5.41, 5.74) is 0.118. The van der Waals surface area contributed by atoms with E-state index in [0.717, 1.165) is 19.3 Å². The summed E-state index contributed by atoms with van der Waals surface area (Å²) in [5.74, 6) is 0. The summed E-state index contributed by atoms with van der Waals surface area (Å²) < 4.78 is 30.6. The quantitative estimate of drug-likeness (QED) is 0.765. The van der Waals surface area contributed by atoms with Crippen molar-refractivity contribution in [2.75, 3.05) is 6.54 Å². The second-order valence-electron chi connectivity index (χ2n) is 8.97. The highest BCUT2D eigenvalue weighted by Crippen LogP contribution is 2.32. The van der Waals surface area contributed by atoms with Gasteiger partial charge in [0, 0.05) is 18.0 Å². The molecule has 1 heterocycles. The number of ether oxygens (including phenoxy) is 1. The Morgan fingerprint density at radius 1 is 1.29 bits per heavy atom. The molecule has 0 saturated carbocycles. The van der Waals surface area contributed by atoms with Crippen molar-refractivity contribution in [3.8, 4) is 6.07 Å². The molecule has 2 N–H and O–H groups in total. The van der Waals surface area contributed by atoms with Gasteiger partial charge in [-0.15, -0.1) is 0 Å². The lowest BCUT2D eigenvalue weighted by Gasteiger charge is -2.37. The van der Waals surface area contributed by atoms with E-state index in [9.17, 15) is 18.5 Å². The maximum atomic E-state index is 12.7. The van der Waals surface area contributed by atoms with Crippen molar-refractivity contribution in [1.82, 2.24) is 4.90 Å². The predicted octanol–water partition coefficient (Wildman–Crippen LogP) is 4.08. The number of rotatable bonds is 4. The molecule has 31 heavy (non-hydrogen) atoms. The van der Waals surface area contributed by atoms with E-state index >= 15 is 0 Å². The number of nitrogens with two attached hydrogens (primary N) is 1. The summed E-state index contributed by atoms with van der Waals surface area (Å²) in [6.45, 7) is 6.09. The minimum Gasteiger partial charge on any atom is -0.444 e. The van der Waals surface area contributed by atoms with Gasteiger partial charge in [0.2, 0.25) is 10.0 Å². The Morgan fingerprint density at radius 2 is 2.00 bits per heavy atom. The molecule has 0 radical (unpaired) electrons. The van der Waals surface area contributed by atoms with E-state index in [2.05, 4.69) is 6.07 Å². The maximum Gasteiger partial charge on any atom is 0.410 e. The van der Waals surface area contributed by atoms with Gasteiger partial charge in [0.15, 0.2) is 0 Å². The molecular formula is C23H29N3O4S. The summed E-state index contributed by atoms with van der Waals surface area (Å²) >= 11 is 0. The number of benzene rings is 2. The van der Waals surface area contributed by atoms with Crippen molar-refractivity contribution in [3.63, 3.8) is 0 Å². The number of hydrogen-bond acceptors (Lipinski definition) is 5. The van der Waals surface area contributed by atoms with Gasteiger partial charge in [-0.05, 0) is 69.9 Å². The number of fused-ring (bicyclic) bond motifs is 1. The predicted molar refractivity (Wildman–Crippen MR) is 119 cm³/mol. The zero-order valence-corrected chi connectivity index (χ0v) is 19.0. The van der Waals surface area contributed by atoms with E-state index in [4.69, 9.17) is 9.88 Å². The summed E-state index contributed by atoms with van der Waals surface area (Å²) in [4.78, 5) is 14.4. The highest BCUT2D eigenvalue weighted by Gasteiger charge is 2.31. The van der Waals surface area contributed by atoms with Gasteiger partial charge in [-0.3, -0.25) is 0 Å². The largest absolute Gasteiger partial charge is 0.444 e. The normalized spacial score (nSPS) is 17.4. The molecule has 1 unspecified atom stereocenters. The minimum atomic E-state index is -4.06. The van der Waals surface area contributed by atoms with Crippen molar-refractivity contribution in [1.29, 1.82) is 5.26 Å². The Bertz CT molecular complexity index is 1130. The van der Waals surface area contributed by atoms with Crippen LogP contribution in [-0.2, 0) is 21.2 Å². The molecular weight excluding hydrogens is 414 g/mol. The Morgan fingerprint density at radius 3 is 2.65 bits per heavy atom. The van der Waals surface area contributed by atoms with Crippen LogP contribution in [0, 0.1) is 11.3 Å². The number of piperidine rings is 1. The van der Waals surface area contributed by atoms with E-state index in [-0.39, 0.29) is 17.0 Å². The molecule has 1 amide bonds. The molecule has 8 heteroatoms. The number of nitriles is 1. The number of hydrogen-bond donors (Lipinski definition) is 1. The van der Waals surface area contributed by atoms with Gasteiger partial charge in [0.25, 0.3) is 0 Å². The second-order valence-corrected chi connectivity index (χ2v) is 10.5. The van der Waals surface area contributed by atoms with Crippen molar-refractivity contribution >= 4 is 26.9 Å². The van der Waals surface area contributed by atoms with Crippen LogP contribution in [0.5, 0.6) is 0 Å². The zero-order valence-electron chi connectivity index (χ0n) is 18.2. The van der Waals surface area contributed by atoms with Crippen LogP contribution in [0.25, 0.3) is 10.8 Å². The summed E-state index contributed by atoms with van der Waals surface area (Å²) in [7, 11) is -4.06. The molecule has 7 nitrogen and oxygen atoms in total. The number of carbonyl (C=O) groups is 1. The van der Waals surface area contributed by atoms with E-state index < -0.39 is 15.6 Å². The first-order valence-electron chi connectivity index (χ1n) is 10.5. The molecule has 1 atom stereocenters. The van der Waals surface area contributed by atoms with E-state index in [1.54, 1.807) is 35.2 Å². The highest BCUT2D eigenvalue weighted by atomic mass is 32.2. The minimum absolute atomic E-state index is 0.00165. The van der Waals surface area contributed by atoms with Gasteiger partial charge in [-0.1, -0.05) is 24.3 Å². The smallest absolute Gasteiger partial charge is 0.410 e. The molecule has 166 valence electrons. The third-order valence-electron chi connectivity index (χ3n) is 5.49. The van der Waals surface area contributed by atoms with E-state index in [1.807, 2.05) is 20.8 Å². The van der Waals surface area contributed by atoms with Gasteiger partial charge >= 0.3 is 6.09 Å². The number of likely N-dealkylation sites (tertiary alicyclic amines) is 1. The Balaban J connectivity index is 1.96. The number of amides is 1. The van der Waals surface area contributed by atoms with Crippen LogP contribution in [0.3, 0.4) is 0 Å². The Labute approximate surface area is 183 Å². The Hall–Kier alpha value is -2.63.